The van der Waals surface area contributed by atoms with E-state index in [0.717, 1.165) is 21.5 Å². The number of hydrogen-bond acceptors (Lipinski definition) is 4. The Balaban J connectivity index is 1.70. The Morgan fingerprint density at radius 2 is 2.08 bits per heavy atom. The van der Waals surface area contributed by atoms with E-state index in [-0.39, 0.29) is 11.6 Å². The van der Waals surface area contributed by atoms with Crippen LogP contribution in [0.2, 0.25) is 0 Å². The van der Waals surface area contributed by atoms with Crippen LogP contribution < -0.4 is 10.1 Å². The van der Waals surface area contributed by atoms with Crippen molar-refractivity contribution in [3.05, 3.63) is 70.5 Å². The van der Waals surface area contributed by atoms with Crippen LogP contribution in [0.1, 0.15) is 16.1 Å². The first-order valence-corrected chi connectivity index (χ1v) is 8.05. The fourth-order valence-corrected chi connectivity index (χ4v) is 2.61. The molecule has 3 aromatic rings. The lowest BCUT2D eigenvalue weighted by Gasteiger charge is -2.08. The molecule has 0 aliphatic heterocycles. The van der Waals surface area contributed by atoms with Gasteiger partial charge < -0.3 is 10.1 Å². The molecule has 0 bridgehead atoms. The summed E-state index contributed by atoms with van der Waals surface area (Å²) >= 11 is 3.41. The average molecular weight is 387 g/mol. The maximum Gasteiger partial charge on any atom is 0.273 e. The van der Waals surface area contributed by atoms with Crippen LogP contribution in [0.15, 0.2) is 59.2 Å². The van der Waals surface area contributed by atoms with E-state index >= 15 is 0 Å². The number of nitrogens with one attached hydrogen (secondary N) is 1. The summed E-state index contributed by atoms with van der Waals surface area (Å²) in [6.07, 6.45) is 1.60. The van der Waals surface area contributed by atoms with Gasteiger partial charge >= 0.3 is 0 Å². The largest absolute Gasteiger partial charge is 0.496 e. The van der Waals surface area contributed by atoms with Gasteiger partial charge in [-0.3, -0.25) is 4.79 Å². The molecule has 6 nitrogen and oxygen atoms in total. The average Bonchev–Trinajstić information content (AvgIpc) is 3.10. The number of nitrogens with zero attached hydrogens (tertiary/aromatic N) is 3. The molecule has 0 atom stereocenters. The first-order chi connectivity index (χ1) is 11.7. The van der Waals surface area contributed by atoms with E-state index in [0.29, 0.717) is 6.54 Å². The molecule has 1 heterocycles. The number of carbonyl (C=O) groups excluding carboxylic acids is 1. The van der Waals surface area contributed by atoms with Crippen LogP contribution in [0.3, 0.4) is 0 Å². The van der Waals surface area contributed by atoms with E-state index in [1.54, 1.807) is 18.0 Å². The van der Waals surface area contributed by atoms with Crippen molar-refractivity contribution in [1.82, 2.24) is 20.3 Å². The predicted octanol–water partition coefficient (Wildman–Crippen LogP) is 2.97. The van der Waals surface area contributed by atoms with Crippen LogP contribution in [-0.2, 0) is 6.54 Å². The van der Waals surface area contributed by atoms with Gasteiger partial charge in [-0.25, -0.2) is 4.68 Å². The molecule has 122 valence electrons. The SMILES string of the molecule is COc1ccccc1CNC(=O)c1cn(-c2cccc(Br)c2)nn1. The van der Waals surface area contributed by atoms with Crippen LogP contribution in [0.4, 0.5) is 0 Å². The van der Waals surface area contributed by atoms with Crippen molar-refractivity contribution < 1.29 is 9.53 Å². The zero-order valence-electron chi connectivity index (χ0n) is 12.9. The smallest absolute Gasteiger partial charge is 0.273 e. The number of methoxy groups -OCH3 is 1. The summed E-state index contributed by atoms with van der Waals surface area (Å²) in [6.45, 7) is 0.354. The van der Waals surface area contributed by atoms with Crippen molar-refractivity contribution in [3.63, 3.8) is 0 Å². The number of hydrogen-bond donors (Lipinski definition) is 1. The summed E-state index contributed by atoms with van der Waals surface area (Å²) in [6, 6.07) is 15.1. The highest BCUT2D eigenvalue weighted by Gasteiger charge is 2.12. The molecule has 1 N–H and O–H groups in total. The second-order valence-electron chi connectivity index (χ2n) is 5.02. The van der Waals surface area contributed by atoms with Crippen molar-refractivity contribution in [2.24, 2.45) is 0 Å². The Morgan fingerprint density at radius 1 is 1.25 bits per heavy atom. The monoisotopic (exact) mass is 386 g/mol. The Bertz CT molecular complexity index is 863. The molecule has 3 rings (SSSR count). The maximum absolute atomic E-state index is 12.3. The van der Waals surface area contributed by atoms with Gasteiger partial charge in [-0.1, -0.05) is 45.4 Å². The zero-order valence-corrected chi connectivity index (χ0v) is 14.5. The fourth-order valence-electron chi connectivity index (χ4n) is 2.23. The molecule has 1 amide bonds. The minimum absolute atomic E-state index is 0.255. The van der Waals surface area contributed by atoms with Gasteiger partial charge in [0, 0.05) is 16.6 Å². The molecule has 0 unspecified atom stereocenters. The van der Waals surface area contributed by atoms with Crippen LogP contribution in [0.25, 0.3) is 5.69 Å². The third-order valence-electron chi connectivity index (χ3n) is 3.43. The van der Waals surface area contributed by atoms with E-state index in [9.17, 15) is 4.79 Å². The van der Waals surface area contributed by atoms with Crippen LogP contribution in [0, 0.1) is 0 Å². The van der Waals surface area contributed by atoms with Gasteiger partial charge in [0.15, 0.2) is 5.69 Å². The molecule has 0 aliphatic rings. The minimum Gasteiger partial charge on any atom is -0.496 e. The minimum atomic E-state index is -0.290. The molecular weight excluding hydrogens is 372 g/mol. The predicted molar refractivity (Wildman–Crippen MR) is 93.2 cm³/mol. The van der Waals surface area contributed by atoms with E-state index in [4.69, 9.17) is 4.74 Å². The van der Waals surface area contributed by atoms with Crippen molar-refractivity contribution in [1.29, 1.82) is 0 Å². The van der Waals surface area contributed by atoms with Gasteiger partial charge in [-0.2, -0.15) is 0 Å². The first-order valence-electron chi connectivity index (χ1n) is 7.26. The number of rotatable bonds is 5. The normalized spacial score (nSPS) is 10.4. The molecule has 0 aliphatic carbocycles. The topological polar surface area (TPSA) is 69.0 Å². The standard InChI is InChI=1S/C17H15BrN4O2/c1-24-16-8-3-2-5-12(16)10-19-17(23)15-11-22(21-20-15)14-7-4-6-13(18)9-14/h2-9,11H,10H2,1H3,(H,19,23). The van der Waals surface area contributed by atoms with E-state index in [1.165, 1.54) is 0 Å². The highest BCUT2D eigenvalue weighted by Crippen LogP contribution is 2.17. The lowest BCUT2D eigenvalue weighted by atomic mass is 10.2. The second kappa shape index (κ2) is 7.27. The van der Waals surface area contributed by atoms with Gasteiger partial charge in [0.05, 0.1) is 19.0 Å². The Hall–Kier alpha value is -2.67. The Morgan fingerprint density at radius 3 is 2.88 bits per heavy atom. The van der Waals surface area contributed by atoms with E-state index < -0.39 is 0 Å². The second-order valence-corrected chi connectivity index (χ2v) is 5.94. The molecule has 0 saturated heterocycles. The summed E-state index contributed by atoms with van der Waals surface area (Å²) in [5.41, 5.74) is 1.97. The number of benzene rings is 2. The zero-order chi connectivity index (χ0) is 16.9. The van der Waals surface area contributed by atoms with Gasteiger partial charge in [-0.15, -0.1) is 5.10 Å². The molecule has 0 radical (unpaired) electrons. The van der Waals surface area contributed by atoms with Crippen LogP contribution in [0.5, 0.6) is 5.75 Å². The maximum atomic E-state index is 12.3. The van der Waals surface area contributed by atoms with Crippen molar-refractivity contribution in [3.8, 4) is 11.4 Å². The first kappa shape index (κ1) is 16.2. The molecule has 1 aromatic heterocycles. The van der Waals surface area contributed by atoms with Gasteiger partial charge in [0.2, 0.25) is 0 Å². The Kier molecular flexibility index (Phi) is 4.90. The summed E-state index contributed by atoms with van der Waals surface area (Å²) in [7, 11) is 1.60. The number of amides is 1. The Labute approximate surface area is 147 Å². The van der Waals surface area contributed by atoms with Crippen LogP contribution in [-0.4, -0.2) is 28.0 Å². The summed E-state index contributed by atoms with van der Waals surface area (Å²) in [5, 5.41) is 10.8. The van der Waals surface area contributed by atoms with Crippen molar-refractivity contribution in [2.75, 3.05) is 7.11 Å². The third-order valence-corrected chi connectivity index (χ3v) is 3.92. The van der Waals surface area contributed by atoms with E-state index in [2.05, 4.69) is 31.6 Å². The highest BCUT2D eigenvalue weighted by molar-refractivity contribution is 9.10. The molecule has 24 heavy (non-hydrogen) atoms. The molecule has 0 spiro atoms. The number of para-hydroxylation sites is 1. The van der Waals surface area contributed by atoms with Crippen molar-refractivity contribution >= 4 is 21.8 Å². The molecule has 0 fully saturated rings. The van der Waals surface area contributed by atoms with Crippen LogP contribution >= 0.6 is 15.9 Å². The molecule has 7 heteroatoms. The third kappa shape index (κ3) is 3.62. The highest BCUT2D eigenvalue weighted by atomic mass is 79.9. The van der Waals surface area contributed by atoms with Gasteiger partial charge in [0.25, 0.3) is 5.91 Å². The number of aromatic nitrogens is 3. The number of carbonyl (C=O) groups is 1. The van der Waals surface area contributed by atoms with Gasteiger partial charge in [0.1, 0.15) is 5.75 Å². The molecule has 0 saturated carbocycles. The quantitative estimate of drug-likeness (QED) is 0.731. The fraction of sp³-hybridized carbons (Fsp3) is 0.118. The number of ether oxygens (including phenoxy) is 1. The van der Waals surface area contributed by atoms with Gasteiger partial charge in [-0.05, 0) is 24.3 Å². The lowest BCUT2D eigenvalue weighted by molar-refractivity contribution is 0.0945. The molecule has 2 aromatic carbocycles. The lowest BCUT2D eigenvalue weighted by Crippen LogP contribution is -2.23. The van der Waals surface area contributed by atoms with E-state index in [1.807, 2.05) is 48.5 Å². The summed E-state index contributed by atoms with van der Waals surface area (Å²) in [5.74, 6) is 0.442. The van der Waals surface area contributed by atoms with Crippen molar-refractivity contribution in [2.45, 2.75) is 6.54 Å². The number of halogens is 1. The summed E-state index contributed by atoms with van der Waals surface area (Å²) < 4.78 is 7.76. The molecular formula is C17H15BrN4O2. The summed E-state index contributed by atoms with van der Waals surface area (Å²) in [4.78, 5) is 12.3.